The van der Waals surface area contributed by atoms with Gasteiger partial charge < -0.3 is 14.4 Å². The number of rotatable bonds is 8. The minimum atomic E-state index is -0.758. The predicted octanol–water partition coefficient (Wildman–Crippen LogP) is 5.15. The molecular weight excluding hydrogens is 360 g/mol. The lowest BCUT2D eigenvalue weighted by atomic mass is 10.1. The summed E-state index contributed by atoms with van der Waals surface area (Å²) in [6.07, 6.45) is 1.09. The highest BCUT2D eigenvalue weighted by Gasteiger charge is 2.19. The van der Waals surface area contributed by atoms with Crippen molar-refractivity contribution in [2.45, 2.75) is 32.4 Å². The van der Waals surface area contributed by atoms with Crippen LogP contribution in [0.3, 0.4) is 0 Å². The Morgan fingerprint density at radius 1 is 0.931 bits per heavy atom. The van der Waals surface area contributed by atoms with E-state index < -0.39 is 6.10 Å². The van der Waals surface area contributed by atoms with Crippen LogP contribution in [0.4, 0.5) is 0 Å². The Morgan fingerprint density at radius 3 is 2.41 bits per heavy atom. The van der Waals surface area contributed by atoms with Crippen molar-refractivity contribution in [3.8, 4) is 5.75 Å². The molecule has 0 saturated carbocycles. The van der Waals surface area contributed by atoms with Gasteiger partial charge in [-0.05, 0) is 48.2 Å². The average Bonchev–Trinajstić information content (AvgIpc) is 3.16. The number of aliphatic hydroxyl groups excluding tert-OH is 1. The topological polar surface area (TPSA) is 47.3 Å². The standard InChI is InChI=1S/C25H26N2O2/c1-2-19-13-15-21(16-14-19)29-18-8-17-27-23-12-7-6-11-22(23)26-25(27)24(28)20-9-4-3-5-10-20/h3-7,9-16,24,28H,2,8,17-18H2,1H3. The van der Waals surface area contributed by atoms with Crippen molar-refractivity contribution in [2.24, 2.45) is 0 Å². The molecule has 1 heterocycles. The molecule has 0 aliphatic rings. The second kappa shape index (κ2) is 8.93. The van der Waals surface area contributed by atoms with E-state index in [1.54, 1.807) is 0 Å². The Labute approximate surface area is 171 Å². The van der Waals surface area contributed by atoms with Gasteiger partial charge in [0.25, 0.3) is 0 Å². The van der Waals surface area contributed by atoms with Crippen molar-refractivity contribution in [3.05, 3.63) is 95.8 Å². The Balaban J connectivity index is 1.49. The molecule has 1 aromatic heterocycles. The van der Waals surface area contributed by atoms with E-state index in [2.05, 4.69) is 23.6 Å². The van der Waals surface area contributed by atoms with Crippen molar-refractivity contribution >= 4 is 11.0 Å². The fourth-order valence-electron chi connectivity index (χ4n) is 3.56. The lowest BCUT2D eigenvalue weighted by Gasteiger charge is -2.15. The number of aryl methyl sites for hydroxylation is 2. The van der Waals surface area contributed by atoms with Crippen LogP contribution in [-0.4, -0.2) is 21.3 Å². The molecule has 4 heteroatoms. The highest BCUT2D eigenvalue weighted by molar-refractivity contribution is 5.76. The average molecular weight is 386 g/mol. The molecule has 1 unspecified atom stereocenters. The number of nitrogens with zero attached hydrogens (tertiary/aromatic N) is 2. The van der Waals surface area contributed by atoms with E-state index in [0.29, 0.717) is 12.4 Å². The van der Waals surface area contributed by atoms with Gasteiger partial charge in [0.1, 0.15) is 17.7 Å². The van der Waals surface area contributed by atoms with Crippen molar-refractivity contribution in [1.29, 1.82) is 0 Å². The molecule has 4 aromatic rings. The summed E-state index contributed by atoms with van der Waals surface area (Å²) < 4.78 is 8.01. The van der Waals surface area contributed by atoms with Crippen LogP contribution < -0.4 is 4.74 Å². The smallest absolute Gasteiger partial charge is 0.143 e. The minimum absolute atomic E-state index is 0.610. The molecule has 0 radical (unpaired) electrons. The van der Waals surface area contributed by atoms with Gasteiger partial charge in [0.15, 0.2) is 0 Å². The van der Waals surface area contributed by atoms with E-state index >= 15 is 0 Å². The number of hydrogen-bond donors (Lipinski definition) is 1. The number of benzene rings is 3. The fourth-order valence-corrected chi connectivity index (χ4v) is 3.56. The zero-order valence-corrected chi connectivity index (χ0v) is 16.7. The van der Waals surface area contributed by atoms with E-state index in [1.165, 1.54) is 5.56 Å². The van der Waals surface area contributed by atoms with Crippen LogP contribution in [0.5, 0.6) is 5.75 Å². The van der Waals surface area contributed by atoms with Gasteiger partial charge in [-0.25, -0.2) is 4.98 Å². The summed E-state index contributed by atoms with van der Waals surface area (Å²) in [6, 6.07) is 25.9. The lowest BCUT2D eigenvalue weighted by molar-refractivity contribution is 0.203. The normalized spacial score (nSPS) is 12.2. The van der Waals surface area contributed by atoms with Gasteiger partial charge in [-0.15, -0.1) is 0 Å². The van der Waals surface area contributed by atoms with Crippen LogP contribution in [-0.2, 0) is 13.0 Å². The van der Waals surface area contributed by atoms with Crippen LogP contribution in [0.2, 0.25) is 0 Å². The Bertz CT molecular complexity index is 1060. The highest BCUT2D eigenvalue weighted by Crippen LogP contribution is 2.26. The van der Waals surface area contributed by atoms with Gasteiger partial charge in [-0.1, -0.05) is 61.5 Å². The van der Waals surface area contributed by atoms with Gasteiger partial charge in [0.05, 0.1) is 17.6 Å². The quantitative estimate of drug-likeness (QED) is 0.426. The third-order valence-corrected chi connectivity index (χ3v) is 5.17. The summed E-state index contributed by atoms with van der Waals surface area (Å²) in [5, 5.41) is 10.9. The van der Waals surface area contributed by atoms with Crippen molar-refractivity contribution in [2.75, 3.05) is 6.61 Å². The van der Waals surface area contributed by atoms with Crippen LogP contribution in [0.1, 0.15) is 36.4 Å². The maximum absolute atomic E-state index is 10.9. The van der Waals surface area contributed by atoms with E-state index in [0.717, 1.165) is 41.7 Å². The summed E-state index contributed by atoms with van der Waals surface area (Å²) in [6.45, 7) is 3.48. The van der Waals surface area contributed by atoms with Crippen LogP contribution in [0, 0.1) is 0 Å². The van der Waals surface area contributed by atoms with Gasteiger partial charge in [0, 0.05) is 6.54 Å². The minimum Gasteiger partial charge on any atom is -0.494 e. The molecule has 29 heavy (non-hydrogen) atoms. The number of ether oxygens (including phenoxy) is 1. The molecule has 0 spiro atoms. The molecule has 148 valence electrons. The van der Waals surface area contributed by atoms with E-state index in [-0.39, 0.29) is 0 Å². The zero-order chi connectivity index (χ0) is 20.1. The molecule has 0 aliphatic heterocycles. The molecule has 3 aromatic carbocycles. The monoisotopic (exact) mass is 386 g/mol. The summed E-state index contributed by atoms with van der Waals surface area (Å²) >= 11 is 0. The largest absolute Gasteiger partial charge is 0.494 e. The summed E-state index contributed by atoms with van der Waals surface area (Å²) in [5.74, 6) is 1.56. The lowest BCUT2D eigenvalue weighted by Crippen LogP contribution is -2.12. The summed E-state index contributed by atoms with van der Waals surface area (Å²) in [7, 11) is 0. The molecule has 0 aliphatic carbocycles. The Hall–Kier alpha value is -3.11. The molecule has 1 atom stereocenters. The van der Waals surface area contributed by atoms with Crippen LogP contribution in [0.25, 0.3) is 11.0 Å². The second-order valence-corrected chi connectivity index (χ2v) is 7.12. The molecule has 4 nitrogen and oxygen atoms in total. The van der Waals surface area contributed by atoms with E-state index in [4.69, 9.17) is 9.72 Å². The third-order valence-electron chi connectivity index (χ3n) is 5.17. The first-order chi connectivity index (χ1) is 14.3. The summed E-state index contributed by atoms with van der Waals surface area (Å²) in [4.78, 5) is 4.72. The molecule has 4 rings (SSSR count). The van der Waals surface area contributed by atoms with Gasteiger partial charge in [0.2, 0.25) is 0 Å². The number of fused-ring (bicyclic) bond motifs is 1. The number of aromatic nitrogens is 2. The van der Waals surface area contributed by atoms with E-state index in [1.807, 2.05) is 66.7 Å². The van der Waals surface area contributed by atoms with Gasteiger partial charge in [-0.3, -0.25) is 0 Å². The molecule has 0 bridgehead atoms. The van der Waals surface area contributed by atoms with E-state index in [9.17, 15) is 5.11 Å². The Morgan fingerprint density at radius 2 is 1.66 bits per heavy atom. The molecular formula is C25H26N2O2. The maximum Gasteiger partial charge on any atom is 0.143 e. The second-order valence-electron chi connectivity index (χ2n) is 7.12. The predicted molar refractivity (Wildman–Crippen MR) is 116 cm³/mol. The first-order valence-corrected chi connectivity index (χ1v) is 10.2. The third kappa shape index (κ3) is 4.33. The molecule has 0 amide bonds. The number of hydrogen-bond acceptors (Lipinski definition) is 3. The Kier molecular flexibility index (Phi) is 5.92. The molecule has 0 saturated heterocycles. The van der Waals surface area contributed by atoms with Crippen molar-refractivity contribution in [3.63, 3.8) is 0 Å². The molecule has 1 N–H and O–H groups in total. The van der Waals surface area contributed by atoms with Gasteiger partial charge >= 0.3 is 0 Å². The number of aliphatic hydroxyl groups is 1. The zero-order valence-electron chi connectivity index (χ0n) is 16.7. The molecule has 0 fully saturated rings. The van der Waals surface area contributed by atoms with Crippen molar-refractivity contribution < 1.29 is 9.84 Å². The summed E-state index contributed by atoms with van der Waals surface area (Å²) in [5.41, 5.74) is 4.08. The van der Waals surface area contributed by atoms with Crippen LogP contribution in [0.15, 0.2) is 78.9 Å². The first kappa shape index (κ1) is 19.2. The van der Waals surface area contributed by atoms with Gasteiger partial charge in [-0.2, -0.15) is 0 Å². The van der Waals surface area contributed by atoms with Crippen molar-refractivity contribution in [1.82, 2.24) is 9.55 Å². The van der Waals surface area contributed by atoms with Crippen LogP contribution >= 0.6 is 0 Å². The fraction of sp³-hybridized carbons (Fsp3) is 0.240. The number of para-hydroxylation sites is 2. The number of imidazole rings is 1. The SMILES string of the molecule is CCc1ccc(OCCCn2c(C(O)c3ccccc3)nc3ccccc32)cc1. The maximum atomic E-state index is 10.9. The highest BCUT2D eigenvalue weighted by atomic mass is 16.5. The first-order valence-electron chi connectivity index (χ1n) is 10.2.